The highest BCUT2D eigenvalue weighted by Crippen LogP contribution is 2.30. The third kappa shape index (κ3) is 3.87. The smallest absolute Gasteiger partial charge is 0.162 e. The number of rotatable bonds is 5. The van der Waals surface area contributed by atoms with Gasteiger partial charge in [0.25, 0.3) is 0 Å². The number of ether oxygens (including phenoxy) is 2. The molecule has 0 N–H and O–H groups in total. The summed E-state index contributed by atoms with van der Waals surface area (Å²) in [6.07, 6.45) is 0. The molecule has 2 aromatic carbocycles. The van der Waals surface area contributed by atoms with Gasteiger partial charge in [-0.15, -0.1) is 0 Å². The van der Waals surface area contributed by atoms with Gasteiger partial charge in [-0.05, 0) is 31.2 Å². The molecule has 0 spiro atoms. The van der Waals surface area contributed by atoms with Crippen LogP contribution in [0.1, 0.15) is 18.1 Å². The van der Waals surface area contributed by atoms with E-state index in [1.807, 2.05) is 13.0 Å². The van der Waals surface area contributed by atoms with E-state index in [-0.39, 0.29) is 6.61 Å². The molecule has 0 fully saturated rings. The topological polar surface area (TPSA) is 42.2 Å². The van der Waals surface area contributed by atoms with Gasteiger partial charge in [-0.2, -0.15) is 5.26 Å². The minimum absolute atomic E-state index is 0.186. The molecule has 21 heavy (non-hydrogen) atoms. The third-order valence-electron chi connectivity index (χ3n) is 2.77. The summed E-state index contributed by atoms with van der Waals surface area (Å²) in [5, 5.41) is 9.20. The first-order valence-corrected chi connectivity index (χ1v) is 6.75. The molecule has 2 rings (SSSR count). The van der Waals surface area contributed by atoms with E-state index in [9.17, 15) is 4.39 Å². The Bertz CT molecular complexity index is 682. The normalized spacial score (nSPS) is 10.0. The number of halogens is 2. The number of benzene rings is 2. The van der Waals surface area contributed by atoms with Crippen LogP contribution in [0.5, 0.6) is 11.5 Å². The van der Waals surface area contributed by atoms with Gasteiger partial charge in [-0.3, -0.25) is 0 Å². The van der Waals surface area contributed by atoms with Crippen molar-refractivity contribution in [2.75, 3.05) is 6.61 Å². The average molecular weight is 306 g/mol. The van der Waals surface area contributed by atoms with E-state index in [2.05, 4.69) is 0 Å². The van der Waals surface area contributed by atoms with Crippen molar-refractivity contribution in [3.05, 3.63) is 58.4 Å². The minimum atomic E-state index is -0.392. The lowest BCUT2D eigenvalue weighted by Crippen LogP contribution is -2.00. The molecule has 0 saturated carbocycles. The zero-order chi connectivity index (χ0) is 15.2. The lowest BCUT2D eigenvalue weighted by molar-refractivity contribution is 0.269. The monoisotopic (exact) mass is 305 g/mol. The molecule has 0 heterocycles. The van der Waals surface area contributed by atoms with E-state index in [1.54, 1.807) is 24.3 Å². The molecule has 0 aliphatic heterocycles. The van der Waals surface area contributed by atoms with Crippen LogP contribution in [-0.4, -0.2) is 6.61 Å². The van der Waals surface area contributed by atoms with Crippen molar-refractivity contribution < 1.29 is 13.9 Å². The Hall–Kier alpha value is -2.25. The van der Waals surface area contributed by atoms with Gasteiger partial charge in [-0.1, -0.05) is 17.7 Å². The fourth-order valence-electron chi connectivity index (χ4n) is 1.76. The fourth-order valence-corrected chi connectivity index (χ4v) is 1.98. The highest BCUT2D eigenvalue weighted by molar-refractivity contribution is 6.31. The van der Waals surface area contributed by atoms with Crippen molar-refractivity contribution in [1.29, 1.82) is 5.26 Å². The SMILES string of the molecule is CCOc1cc(C#N)ccc1OCc1ccc(F)cc1Cl. The maximum atomic E-state index is 13.0. The molecular weight excluding hydrogens is 293 g/mol. The molecule has 0 bridgehead atoms. The molecule has 5 heteroatoms. The van der Waals surface area contributed by atoms with Gasteiger partial charge in [-0.25, -0.2) is 4.39 Å². The van der Waals surface area contributed by atoms with Gasteiger partial charge in [0.05, 0.1) is 23.3 Å². The minimum Gasteiger partial charge on any atom is -0.490 e. The predicted octanol–water partition coefficient (Wildman–Crippen LogP) is 4.33. The van der Waals surface area contributed by atoms with E-state index in [0.717, 1.165) is 0 Å². The maximum absolute atomic E-state index is 13.0. The van der Waals surface area contributed by atoms with Crippen LogP contribution in [0.25, 0.3) is 0 Å². The van der Waals surface area contributed by atoms with Crippen LogP contribution >= 0.6 is 11.6 Å². The van der Waals surface area contributed by atoms with Crippen LogP contribution in [0.4, 0.5) is 4.39 Å². The van der Waals surface area contributed by atoms with Crippen molar-refractivity contribution in [3.63, 3.8) is 0 Å². The first-order chi connectivity index (χ1) is 10.1. The van der Waals surface area contributed by atoms with Crippen molar-refractivity contribution >= 4 is 11.6 Å². The summed E-state index contributed by atoms with van der Waals surface area (Å²) in [6, 6.07) is 11.1. The Kier molecular flexibility index (Phi) is 5.02. The van der Waals surface area contributed by atoms with Gasteiger partial charge in [0.1, 0.15) is 12.4 Å². The lowest BCUT2D eigenvalue weighted by atomic mass is 10.2. The van der Waals surface area contributed by atoms with Gasteiger partial charge < -0.3 is 9.47 Å². The molecular formula is C16H13ClFNO2. The summed E-state index contributed by atoms with van der Waals surface area (Å²) in [5.74, 6) is 0.614. The van der Waals surface area contributed by atoms with E-state index in [4.69, 9.17) is 26.3 Å². The first kappa shape index (κ1) is 15.1. The molecule has 0 aliphatic carbocycles. The summed E-state index contributed by atoms with van der Waals surface area (Å²) in [6.45, 7) is 2.49. The Balaban J connectivity index is 2.17. The molecule has 3 nitrogen and oxygen atoms in total. The van der Waals surface area contributed by atoms with Crippen LogP contribution in [0, 0.1) is 17.1 Å². The van der Waals surface area contributed by atoms with Crippen molar-refractivity contribution in [3.8, 4) is 17.6 Å². The quantitative estimate of drug-likeness (QED) is 0.825. The lowest BCUT2D eigenvalue weighted by Gasteiger charge is -2.12. The average Bonchev–Trinajstić information content (AvgIpc) is 2.47. The molecule has 0 radical (unpaired) electrons. The number of hydrogen-bond acceptors (Lipinski definition) is 3. The molecule has 0 aliphatic rings. The zero-order valence-electron chi connectivity index (χ0n) is 11.4. The summed E-state index contributed by atoms with van der Waals surface area (Å²) in [7, 11) is 0. The van der Waals surface area contributed by atoms with Crippen molar-refractivity contribution in [2.45, 2.75) is 13.5 Å². The molecule has 0 aromatic heterocycles. The maximum Gasteiger partial charge on any atom is 0.162 e. The molecule has 0 amide bonds. The summed E-state index contributed by atoms with van der Waals surface area (Å²) >= 11 is 5.95. The van der Waals surface area contributed by atoms with E-state index in [1.165, 1.54) is 12.1 Å². The van der Waals surface area contributed by atoms with Crippen LogP contribution in [0.2, 0.25) is 5.02 Å². The van der Waals surface area contributed by atoms with Crippen LogP contribution in [0.15, 0.2) is 36.4 Å². The third-order valence-corrected chi connectivity index (χ3v) is 3.12. The highest BCUT2D eigenvalue weighted by Gasteiger charge is 2.08. The summed E-state index contributed by atoms with van der Waals surface area (Å²) < 4.78 is 24.1. The fraction of sp³-hybridized carbons (Fsp3) is 0.188. The summed E-state index contributed by atoms with van der Waals surface area (Å²) in [5.41, 5.74) is 1.16. The molecule has 0 unspecified atom stereocenters. The Morgan fingerprint density at radius 3 is 2.62 bits per heavy atom. The van der Waals surface area contributed by atoms with Crippen molar-refractivity contribution in [2.24, 2.45) is 0 Å². The van der Waals surface area contributed by atoms with Crippen LogP contribution < -0.4 is 9.47 Å². The predicted molar refractivity (Wildman–Crippen MR) is 78.1 cm³/mol. The molecule has 0 saturated heterocycles. The van der Waals surface area contributed by atoms with E-state index >= 15 is 0 Å². The molecule has 2 aromatic rings. The second-order valence-corrected chi connectivity index (χ2v) is 4.64. The zero-order valence-corrected chi connectivity index (χ0v) is 12.2. The van der Waals surface area contributed by atoms with Gasteiger partial charge in [0.15, 0.2) is 11.5 Å². The highest BCUT2D eigenvalue weighted by atomic mass is 35.5. The van der Waals surface area contributed by atoms with E-state index in [0.29, 0.717) is 34.3 Å². The number of hydrogen-bond donors (Lipinski definition) is 0. The Morgan fingerprint density at radius 2 is 1.95 bits per heavy atom. The largest absolute Gasteiger partial charge is 0.490 e. The van der Waals surface area contributed by atoms with Crippen LogP contribution in [-0.2, 0) is 6.61 Å². The second-order valence-electron chi connectivity index (χ2n) is 4.23. The molecule has 0 atom stereocenters. The summed E-state index contributed by atoms with van der Waals surface area (Å²) in [4.78, 5) is 0. The Morgan fingerprint density at radius 1 is 1.14 bits per heavy atom. The van der Waals surface area contributed by atoms with Gasteiger partial charge >= 0.3 is 0 Å². The van der Waals surface area contributed by atoms with Crippen LogP contribution in [0.3, 0.4) is 0 Å². The first-order valence-electron chi connectivity index (χ1n) is 6.37. The van der Waals surface area contributed by atoms with E-state index < -0.39 is 5.82 Å². The van der Waals surface area contributed by atoms with Gasteiger partial charge in [0, 0.05) is 11.6 Å². The number of nitriles is 1. The van der Waals surface area contributed by atoms with Gasteiger partial charge in [0.2, 0.25) is 0 Å². The standard InChI is InChI=1S/C16H13ClFNO2/c1-2-20-16-7-11(9-19)3-6-15(16)21-10-12-4-5-13(18)8-14(12)17/h3-8H,2,10H2,1H3. The second kappa shape index (κ2) is 6.96. The van der Waals surface area contributed by atoms with Crippen molar-refractivity contribution in [1.82, 2.24) is 0 Å². The molecule has 108 valence electrons. The number of nitrogens with zero attached hydrogens (tertiary/aromatic N) is 1. The Labute approximate surface area is 127 Å².